The summed E-state index contributed by atoms with van der Waals surface area (Å²) in [4.78, 5) is 33.9. The van der Waals surface area contributed by atoms with Crippen LogP contribution in [0.25, 0.3) is 0 Å². The van der Waals surface area contributed by atoms with E-state index in [1.807, 2.05) is 20.8 Å². The van der Waals surface area contributed by atoms with E-state index in [0.29, 0.717) is 19.6 Å². The van der Waals surface area contributed by atoms with E-state index in [0.717, 1.165) is 0 Å². The maximum absolute atomic E-state index is 12.4. The fourth-order valence-corrected chi connectivity index (χ4v) is 2.78. The lowest BCUT2D eigenvalue weighted by Gasteiger charge is -2.28. The van der Waals surface area contributed by atoms with E-state index in [9.17, 15) is 9.59 Å². The summed E-state index contributed by atoms with van der Waals surface area (Å²) in [6.45, 7) is 6.14. The molecular weight excluding hydrogens is 348 g/mol. The second-order valence-corrected chi connectivity index (χ2v) is 7.26. The first-order chi connectivity index (χ1) is 11.7. The second-order valence-electron chi connectivity index (χ2n) is 6.87. The quantitative estimate of drug-likeness (QED) is 0.813. The fraction of sp³-hybridized carbons (Fsp3) is 0.625. The average Bonchev–Trinajstić information content (AvgIpc) is 2.88. The number of aromatic nitrogens is 2. The molecule has 1 aromatic rings. The largest absolute Gasteiger partial charge is 0.444 e. The fourth-order valence-electron chi connectivity index (χ4n) is 2.63. The summed E-state index contributed by atoms with van der Waals surface area (Å²) >= 11 is 5.78. The third-order valence-corrected chi connectivity index (χ3v) is 3.81. The first kappa shape index (κ1) is 19.4. The first-order valence-electron chi connectivity index (χ1n) is 7.96. The predicted molar refractivity (Wildman–Crippen MR) is 91.5 cm³/mol. The Morgan fingerprint density at radius 1 is 1.40 bits per heavy atom. The molecule has 1 N–H and O–H groups in total. The van der Waals surface area contributed by atoms with E-state index >= 15 is 0 Å². The maximum atomic E-state index is 12.4. The first-order valence-corrected chi connectivity index (χ1v) is 8.34. The molecule has 9 heteroatoms. The Hall–Kier alpha value is -1.93. The van der Waals surface area contributed by atoms with Crippen molar-refractivity contribution in [2.24, 2.45) is 0 Å². The van der Waals surface area contributed by atoms with Crippen LogP contribution in [-0.4, -0.2) is 64.8 Å². The van der Waals surface area contributed by atoms with Gasteiger partial charge in [-0.15, -0.1) is 0 Å². The summed E-state index contributed by atoms with van der Waals surface area (Å²) in [6, 6.07) is 0.998. The molecule has 1 aliphatic rings. The molecule has 1 saturated heterocycles. The number of nitrogens with zero attached hydrogens (tertiary/aromatic N) is 3. The van der Waals surface area contributed by atoms with Crippen LogP contribution in [0.4, 0.5) is 4.79 Å². The van der Waals surface area contributed by atoms with Crippen LogP contribution in [0.15, 0.2) is 12.4 Å². The summed E-state index contributed by atoms with van der Waals surface area (Å²) in [5.74, 6) is -0.364. The van der Waals surface area contributed by atoms with Gasteiger partial charge in [0.05, 0.1) is 12.6 Å². The smallest absolute Gasteiger partial charge is 0.410 e. The SMILES string of the molecule is COC[C@@H]1C[C@@H](NC(=O)c2cc(Cl)ncn2)CN1C(=O)OC(C)(C)C. The van der Waals surface area contributed by atoms with Crippen molar-refractivity contribution in [2.75, 3.05) is 20.3 Å². The van der Waals surface area contributed by atoms with E-state index in [-0.39, 0.29) is 28.8 Å². The van der Waals surface area contributed by atoms with Crippen LogP contribution in [0, 0.1) is 0 Å². The van der Waals surface area contributed by atoms with Gasteiger partial charge in [-0.2, -0.15) is 0 Å². The highest BCUT2D eigenvalue weighted by molar-refractivity contribution is 6.29. The lowest BCUT2D eigenvalue weighted by molar-refractivity contribution is 0.0146. The monoisotopic (exact) mass is 370 g/mol. The van der Waals surface area contributed by atoms with Gasteiger partial charge in [-0.1, -0.05) is 11.6 Å². The van der Waals surface area contributed by atoms with E-state index in [1.54, 1.807) is 12.0 Å². The number of likely N-dealkylation sites (tertiary alicyclic amines) is 1. The van der Waals surface area contributed by atoms with E-state index in [2.05, 4.69) is 15.3 Å². The molecule has 2 heterocycles. The Bertz CT molecular complexity index is 635. The van der Waals surface area contributed by atoms with E-state index in [1.165, 1.54) is 12.4 Å². The summed E-state index contributed by atoms with van der Waals surface area (Å²) in [5.41, 5.74) is -0.410. The predicted octanol–water partition coefficient (Wildman–Crippen LogP) is 1.88. The molecule has 0 radical (unpaired) electrons. The molecule has 2 rings (SSSR count). The molecule has 0 spiro atoms. The van der Waals surface area contributed by atoms with Crippen LogP contribution < -0.4 is 5.32 Å². The third-order valence-electron chi connectivity index (χ3n) is 3.60. The summed E-state index contributed by atoms with van der Waals surface area (Å²) in [7, 11) is 1.57. The molecule has 2 amide bonds. The summed E-state index contributed by atoms with van der Waals surface area (Å²) in [5, 5.41) is 3.06. The lowest BCUT2D eigenvalue weighted by Crippen LogP contribution is -2.43. The number of hydrogen-bond acceptors (Lipinski definition) is 6. The molecule has 0 bridgehead atoms. The molecular formula is C16H23ClN4O4. The van der Waals surface area contributed by atoms with Crippen molar-refractivity contribution in [3.8, 4) is 0 Å². The van der Waals surface area contributed by atoms with Crippen molar-refractivity contribution in [1.82, 2.24) is 20.2 Å². The highest BCUT2D eigenvalue weighted by Gasteiger charge is 2.38. The minimum absolute atomic E-state index is 0.167. The molecule has 138 valence electrons. The van der Waals surface area contributed by atoms with Crippen LogP contribution in [0.5, 0.6) is 0 Å². The Morgan fingerprint density at radius 3 is 2.72 bits per heavy atom. The van der Waals surface area contributed by atoms with Crippen molar-refractivity contribution < 1.29 is 19.1 Å². The molecule has 0 aliphatic carbocycles. The summed E-state index contributed by atoms with van der Waals surface area (Å²) < 4.78 is 10.6. The van der Waals surface area contributed by atoms with Crippen molar-refractivity contribution in [3.63, 3.8) is 0 Å². The molecule has 1 fully saturated rings. The zero-order chi connectivity index (χ0) is 18.6. The van der Waals surface area contributed by atoms with Crippen LogP contribution in [-0.2, 0) is 9.47 Å². The van der Waals surface area contributed by atoms with Gasteiger partial charge in [0.25, 0.3) is 5.91 Å². The van der Waals surface area contributed by atoms with Gasteiger partial charge >= 0.3 is 6.09 Å². The number of hydrogen-bond donors (Lipinski definition) is 1. The van der Waals surface area contributed by atoms with E-state index < -0.39 is 11.7 Å². The number of amides is 2. The van der Waals surface area contributed by atoms with Crippen LogP contribution in [0.2, 0.25) is 5.15 Å². The number of carbonyl (C=O) groups is 2. The third kappa shape index (κ3) is 5.54. The van der Waals surface area contributed by atoms with E-state index in [4.69, 9.17) is 21.1 Å². The van der Waals surface area contributed by atoms with Crippen molar-refractivity contribution in [2.45, 2.75) is 44.9 Å². The zero-order valence-corrected chi connectivity index (χ0v) is 15.5. The molecule has 0 saturated carbocycles. The second kappa shape index (κ2) is 7.97. The topological polar surface area (TPSA) is 93.6 Å². The van der Waals surface area contributed by atoms with Crippen LogP contribution >= 0.6 is 11.6 Å². The molecule has 0 aromatic carbocycles. The van der Waals surface area contributed by atoms with Crippen molar-refractivity contribution >= 4 is 23.6 Å². The Labute approximate surface area is 151 Å². The minimum atomic E-state index is -0.590. The maximum Gasteiger partial charge on any atom is 0.410 e. The van der Waals surface area contributed by atoms with Crippen molar-refractivity contribution in [3.05, 3.63) is 23.2 Å². The standard InChI is InChI=1S/C16H23ClN4O4/c1-16(2,3)25-15(23)21-7-10(5-11(21)8-24-4)20-14(22)12-6-13(17)19-9-18-12/h6,9-11H,5,7-8H2,1-4H3,(H,20,22)/t10-,11+/m1/s1. The number of halogens is 1. The lowest BCUT2D eigenvalue weighted by atomic mass is 10.1. The highest BCUT2D eigenvalue weighted by Crippen LogP contribution is 2.22. The van der Waals surface area contributed by atoms with Gasteiger partial charge in [-0.3, -0.25) is 4.79 Å². The van der Waals surface area contributed by atoms with Gasteiger partial charge in [0.2, 0.25) is 0 Å². The molecule has 8 nitrogen and oxygen atoms in total. The number of nitrogens with one attached hydrogen (secondary N) is 1. The Kier molecular flexibility index (Phi) is 6.18. The van der Waals surface area contributed by atoms with Crippen LogP contribution in [0.3, 0.4) is 0 Å². The van der Waals surface area contributed by atoms with Gasteiger partial charge in [0.1, 0.15) is 22.8 Å². The van der Waals surface area contributed by atoms with Crippen LogP contribution in [0.1, 0.15) is 37.7 Å². The van der Waals surface area contributed by atoms with Gasteiger partial charge in [-0.25, -0.2) is 14.8 Å². The number of methoxy groups -OCH3 is 1. The number of carbonyl (C=O) groups excluding carboxylic acids is 2. The minimum Gasteiger partial charge on any atom is -0.444 e. The molecule has 1 aliphatic heterocycles. The number of ether oxygens (including phenoxy) is 2. The van der Waals surface area contributed by atoms with Gasteiger partial charge < -0.3 is 19.7 Å². The number of rotatable bonds is 4. The normalized spacial score (nSPS) is 20.4. The Morgan fingerprint density at radius 2 is 2.12 bits per heavy atom. The average molecular weight is 371 g/mol. The van der Waals surface area contributed by atoms with Crippen molar-refractivity contribution in [1.29, 1.82) is 0 Å². The highest BCUT2D eigenvalue weighted by atomic mass is 35.5. The van der Waals surface area contributed by atoms with Gasteiger partial charge in [-0.05, 0) is 27.2 Å². The molecule has 25 heavy (non-hydrogen) atoms. The zero-order valence-electron chi connectivity index (χ0n) is 14.8. The summed E-state index contributed by atoms with van der Waals surface area (Å²) in [6.07, 6.45) is 1.38. The molecule has 2 atom stereocenters. The Balaban J connectivity index is 2.03. The van der Waals surface area contributed by atoms with Gasteiger partial charge in [0.15, 0.2) is 0 Å². The molecule has 0 unspecified atom stereocenters. The van der Waals surface area contributed by atoms with Gasteiger partial charge in [0, 0.05) is 25.8 Å². The molecule has 1 aromatic heterocycles.